The number of hydrogen-bond donors (Lipinski definition) is 1. The van der Waals surface area contributed by atoms with Gasteiger partial charge in [0.1, 0.15) is 6.29 Å². The van der Waals surface area contributed by atoms with E-state index in [2.05, 4.69) is 0 Å². The quantitative estimate of drug-likeness (QED) is 0.782. The van der Waals surface area contributed by atoms with Gasteiger partial charge in [-0.15, -0.1) is 0 Å². The first-order valence-electron chi connectivity index (χ1n) is 3.85. The number of carbonyl (C=O) groups excluding carboxylic acids is 1. The van der Waals surface area contributed by atoms with Crippen LogP contribution in [0.2, 0.25) is 5.02 Å². The first kappa shape index (κ1) is 10.5. The molecule has 0 bridgehead atoms. The number of hydrogen-bond acceptors (Lipinski definition) is 2. The Kier molecular flexibility index (Phi) is 3.48. The van der Waals surface area contributed by atoms with Crippen molar-refractivity contribution in [3.8, 4) is 0 Å². The smallest absolute Gasteiger partial charge is 0.412 e. The van der Waals surface area contributed by atoms with Crippen molar-refractivity contribution in [3.63, 3.8) is 0 Å². The number of halogens is 1. The number of aldehydes is 1. The molecule has 0 heterocycles. The highest BCUT2D eigenvalue weighted by molar-refractivity contribution is 6.30. The summed E-state index contributed by atoms with van der Waals surface area (Å²) in [6.45, 7) is -0.184. The third-order valence-corrected chi connectivity index (χ3v) is 1.88. The number of benzene rings is 1. The third kappa shape index (κ3) is 2.47. The number of carbonyl (C=O) groups is 2. The zero-order chi connectivity index (χ0) is 10.6. The van der Waals surface area contributed by atoms with Gasteiger partial charge >= 0.3 is 6.09 Å². The van der Waals surface area contributed by atoms with Crippen molar-refractivity contribution in [2.24, 2.45) is 0 Å². The molecule has 0 saturated carbocycles. The van der Waals surface area contributed by atoms with Crippen LogP contribution in [0.25, 0.3) is 0 Å². The largest absolute Gasteiger partial charge is 0.465 e. The second-order valence-corrected chi connectivity index (χ2v) is 2.97. The van der Waals surface area contributed by atoms with Gasteiger partial charge in [-0.25, -0.2) is 4.79 Å². The number of anilines is 1. The predicted molar refractivity (Wildman–Crippen MR) is 52.9 cm³/mol. The molecule has 0 saturated heterocycles. The van der Waals surface area contributed by atoms with Crippen LogP contribution in [0.5, 0.6) is 0 Å². The molecule has 5 heteroatoms. The van der Waals surface area contributed by atoms with Crippen LogP contribution in [-0.4, -0.2) is 24.0 Å². The van der Waals surface area contributed by atoms with Crippen molar-refractivity contribution in [1.29, 1.82) is 0 Å². The maximum Gasteiger partial charge on any atom is 0.412 e. The van der Waals surface area contributed by atoms with E-state index in [4.69, 9.17) is 16.7 Å². The summed E-state index contributed by atoms with van der Waals surface area (Å²) < 4.78 is 0. The van der Waals surface area contributed by atoms with E-state index in [0.29, 0.717) is 17.0 Å². The molecule has 1 amide bonds. The van der Waals surface area contributed by atoms with E-state index in [0.717, 1.165) is 4.90 Å². The molecule has 0 aliphatic rings. The molecule has 14 heavy (non-hydrogen) atoms. The molecule has 0 aliphatic heterocycles. The Bertz CT molecular complexity index is 336. The molecule has 0 atom stereocenters. The first-order valence-corrected chi connectivity index (χ1v) is 4.22. The van der Waals surface area contributed by atoms with Gasteiger partial charge in [0.05, 0.1) is 6.54 Å². The minimum atomic E-state index is -1.17. The average molecular weight is 214 g/mol. The lowest BCUT2D eigenvalue weighted by Gasteiger charge is -2.15. The highest BCUT2D eigenvalue weighted by Gasteiger charge is 2.12. The molecule has 0 unspecified atom stereocenters. The van der Waals surface area contributed by atoms with E-state index in [9.17, 15) is 9.59 Å². The molecule has 1 rings (SSSR count). The Balaban J connectivity index is 2.93. The Hall–Kier alpha value is -1.55. The van der Waals surface area contributed by atoms with E-state index in [1.165, 1.54) is 0 Å². The molecule has 74 valence electrons. The zero-order valence-corrected chi connectivity index (χ0v) is 7.94. The fourth-order valence-corrected chi connectivity index (χ4v) is 1.12. The lowest BCUT2D eigenvalue weighted by molar-refractivity contribution is -0.106. The summed E-state index contributed by atoms with van der Waals surface area (Å²) in [4.78, 5) is 21.9. The van der Waals surface area contributed by atoms with Gasteiger partial charge in [-0.05, 0) is 24.3 Å². The van der Waals surface area contributed by atoms with Crippen molar-refractivity contribution in [2.75, 3.05) is 11.4 Å². The number of carboxylic acid groups (broad SMARTS) is 1. The molecular formula is C9H8ClNO3. The van der Waals surface area contributed by atoms with Gasteiger partial charge in [-0.3, -0.25) is 4.90 Å². The topological polar surface area (TPSA) is 57.6 Å². The highest BCUT2D eigenvalue weighted by Crippen LogP contribution is 2.17. The molecule has 1 aromatic carbocycles. The van der Waals surface area contributed by atoms with Crippen LogP contribution in [-0.2, 0) is 4.79 Å². The van der Waals surface area contributed by atoms with E-state index >= 15 is 0 Å². The highest BCUT2D eigenvalue weighted by atomic mass is 35.5. The summed E-state index contributed by atoms with van der Waals surface area (Å²) in [7, 11) is 0. The Labute approximate surface area is 85.7 Å². The van der Waals surface area contributed by atoms with Crippen LogP contribution in [0.4, 0.5) is 10.5 Å². The molecule has 0 spiro atoms. The maximum atomic E-state index is 10.7. The van der Waals surface area contributed by atoms with Crippen LogP contribution < -0.4 is 4.90 Å². The van der Waals surface area contributed by atoms with Crippen LogP contribution in [0.1, 0.15) is 0 Å². The van der Waals surface area contributed by atoms with E-state index < -0.39 is 6.09 Å². The van der Waals surface area contributed by atoms with Gasteiger partial charge in [0, 0.05) is 10.7 Å². The van der Waals surface area contributed by atoms with Gasteiger partial charge in [0.2, 0.25) is 0 Å². The van der Waals surface area contributed by atoms with Crippen LogP contribution >= 0.6 is 11.6 Å². The standard InChI is InChI=1S/C9H8ClNO3/c10-7-1-3-8(4-2-7)11(5-6-12)9(13)14/h1-4,6H,5H2,(H,13,14). The Morgan fingerprint density at radius 1 is 1.43 bits per heavy atom. The Morgan fingerprint density at radius 3 is 2.43 bits per heavy atom. The van der Waals surface area contributed by atoms with E-state index in [-0.39, 0.29) is 6.54 Å². The SMILES string of the molecule is O=CCN(C(=O)O)c1ccc(Cl)cc1. The fraction of sp³-hybridized carbons (Fsp3) is 0.111. The summed E-state index contributed by atoms with van der Waals surface area (Å²) in [5, 5.41) is 9.28. The van der Waals surface area contributed by atoms with Gasteiger partial charge in [-0.2, -0.15) is 0 Å². The molecule has 4 nitrogen and oxygen atoms in total. The van der Waals surface area contributed by atoms with Gasteiger partial charge in [-0.1, -0.05) is 11.6 Å². The normalized spacial score (nSPS) is 9.50. The molecule has 0 fully saturated rings. The molecule has 1 N–H and O–H groups in total. The van der Waals surface area contributed by atoms with Crippen molar-refractivity contribution in [1.82, 2.24) is 0 Å². The second-order valence-electron chi connectivity index (χ2n) is 2.54. The molecule has 0 radical (unpaired) electrons. The summed E-state index contributed by atoms with van der Waals surface area (Å²) in [5.41, 5.74) is 0.425. The van der Waals surface area contributed by atoms with Gasteiger partial charge in [0.25, 0.3) is 0 Å². The summed E-state index contributed by atoms with van der Waals surface area (Å²) in [5.74, 6) is 0. The molecule has 0 aromatic heterocycles. The monoisotopic (exact) mass is 213 g/mol. The van der Waals surface area contributed by atoms with Crippen molar-refractivity contribution >= 4 is 29.7 Å². The minimum absolute atomic E-state index is 0.184. The molecule has 0 aliphatic carbocycles. The average Bonchev–Trinajstić information content (AvgIpc) is 2.15. The van der Waals surface area contributed by atoms with Crippen LogP contribution in [0.3, 0.4) is 0 Å². The fourth-order valence-electron chi connectivity index (χ4n) is 0.990. The van der Waals surface area contributed by atoms with Gasteiger partial charge < -0.3 is 9.90 Å². The molecular weight excluding hydrogens is 206 g/mol. The number of amides is 1. The van der Waals surface area contributed by atoms with E-state index in [1.54, 1.807) is 24.3 Å². The summed E-state index contributed by atoms with van der Waals surface area (Å²) in [6.07, 6.45) is -0.637. The number of nitrogens with zero attached hydrogens (tertiary/aromatic N) is 1. The van der Waals surface area contributed by atoms with E-state index in [1.807, 2.05) is 0 Å². The van der Waals surface area contributed by atoms with Crippen LogP contribution in [0, 0.1) is 0 Å². The van der Waals surface area contributed by atoms with Crippen molar-refractivity contribution in [2.45, 2.75) is 0 Å². The Morgan fingerprint density at radius 2 is 2.00 bits per heavy atom. The lowest BCUT2D eigenvalue weighted by atomic mass is 10.3. The third-order valence-electron chi connectivity index (χ3n) is 1.63. The van der Waals surface area contributed by atoms with Crippen molar-refractivity contribution < 1.29 is 14.7 Å². The summed E-state index contributed by atoms with van der Waals surface area (Å²) >= 11 is 5.64. The summed E-state index contributed by atoms with van der Waals surface area (Å²) in [6, 6.07) is 6.22. The minimum Gasteiger partial charge on any atom is -0.465 e. The molecule has 1 aromatic rings. The van der Waals surface area contributed by atoms with Crippen LogP contribution in [0.15, 0.2) is 24.3 Å². The van der Waals surface area contributed by atoms with Gasteiger partial charge in [0.15, 0.2) is 0 Å². The maximum absolute atomic E-state index is 10.7. The first-order chi connectivity index (χ1) is 6.65. The predicted octanol–water partition coefficient (Wildman–Crippen LogP) is 2.02. The number of rotatable bonds is 3. The zero-order valence-electron chi connectivity index (χ0n) is 7.18. The van der Waals surface area contributed by atoms with Crippen molar-refractivity contribution in [3.05, 3.63) is 29.3 Å². The second kappa shape index (κ2) is 4.62. The lowest BCUT2D eigenvalue weighted by Crippen LogP contribution is -2.30.